The third-order valence-corrected chi connectivity index (χ3v) is 4.09. The lowest BCUT2D eigenvalue weighted by Crippen LogP contribution is -2.15. The predicted molar refractivity (Wildman–Crippen MR) is 109 cm³/mol. The molecule has 0 saturated carbocycles. The van der Waals surface area contributed by atoms with Crippen LogP contribution >= 0.6 is 0 Å². The van der Waals surface area contributed by atoms with Gasteiger partial charge in [0.2, 0.25) is 0 Å². The van der Waals surface area contributed by atoms with Crippen LogP contribution in [0.25, 0.3) is 0 Å². The van der Waals surface area contributed by atoms with E-state index in [-0.39, 0.29) is 22.4 Å². The monoisotopic (exact) mass is 405 g/mol. The molecular formula is C21H15N3O6. The van der Waals surface area contributed by atoms with E-state index in [0.29, 0.717) is 11.4 Å². The van der Waals surface area contributed by atoms with Gasteiger partial charge in [0.05, 0.1) is 10.5 Å². The molecule has 0 fully saturated rings. The zero-order chi connectivity index (χ0) is 21.7. The maximum atomic E-state index is 12.4. The Morgan fingerprint density at radius 2 is 1.30 bits per heavy atom. The van der Waals surface area contributed by atoms with Crippen LogP contribution in [0, 0.1) is 10.1 Å². The van der Waals surface area contributed by atoms with Crippen molar-refractivity contribution in [2.45, 2.75) is 0 Å². The Hall–Kier alpha value is -4.53. The molecule has 0 saturated heterocycles. The van der Waals surface area contributed by atoms with Crippen LogP contribution in [-0.2, 0) is 0 Å². The van der Waals surface area contributed by atoms with Gasteiger partial charge in [0.1, 0.15) is 0 Å². The summed E-state index contributed by atoms with van der Waals surface area (Å²) >= 11 is 0. The number of carboxylic acids is 1. The fourth-order valence-corrected chi connectivity index (χ4v) is 2.60. The summed E-state index contributed by atoms with van der Waals surface area (Å²) in [6.45, 7) is 0. The molecule has 0 aliphatic heterocycles. The average Bonchev–Trinajstić information content (AvgIpc) is 2.74. The molecule has 150 valence electrons. The van der Waals surface area contributed by atoms with Gasteiger partial charge in [0, 0.05) is 34.6 Å². The first-order chi connectivity index (χ1) is 14.3. The SMILES string of the molecule is O=C(O)c1ccc(NC(=O)c2cccc(NC(=O)c3cccc([N+](=O)[O-])c3)c2)cc1. The molecule has 0 radical (unpaired) electrons. The number of nitrogens with one attached hydrogen (secondary N) is 2. The molecular weight excluding hydrogens is 390 g/mol. The molecule has 0 spiro atoms. The summed E-state index contributed by atoms with van der Waals surface area (Å²) in [5.74, 6) is -2.08. The van der Waals surface area contributed by atoms with Gasteiger partial charge < -0.3 is 15.7 Å². The highest BCUT2D eigenvalue weighted by Gasteiger charge is 2.13. The summed E-state index contributed by atoms with van der Waals surface area (Å²) in [6.07, 6.45) is 0. The number of carbonyl (C=O) groups excluding carboxylic acids is 2. The Morgan fingerprint density at radius 3 is 1.90 bits per heavy atom. The minimum Gasteiger partial charge on any atom is -0.478 e. The Morgan fingerprint density at radius 1 is 0.733 bits per heavy atom. The highest BCUT2D eigenvalue weighted by Crippen LogP contribution is 2.17. The van der Waals surface area contributed by atoms with E-state index in [1.54, 1.807) is 18.2 Å². The fraction of sp³-hybridized carbons (Fsp3) is 0. The molecule has 0 unspecified atom stereocenters. The van der Waals surface area contributed by atoms with E-state index in [1.807, 2.05) is 0 Å². The summed E-state index contributed by atoms with van der Waals surface area (Å²) < 4.78 is 0. The van der Waals surface area contributed by atoms with E-state index in [2.05, 4.69) is 10.6 Å². The quantitative estimate of drug-likeness (QED) is 0.421. The highest BCUT2D eigenvalue weighted by molar-refractivity contribution is 6.07. The van der Waals surface area contributed by atoms with Crippen molar-refractivity contribution in [3.8, 4) is 0 Å². The molecule has 0 heterocycles. The van der Waals surface area contributed by atoms with Crippen molar-refractivity contribution in [2.24, 2.45) is 0 Å². The summed E-state index contributed by atoms with van der Waals surface area (Å²) in [5, 5.41) is 25.0. The molecule has 0 aliphatic rings. The van der Waals surface area contributed by atoms with Gasteiger partial charge in [-0.2, -0.15) is 0 Å². The number of nitro benzene ring substituents is 1. The Balaban J connectivity index is 1.71. The van der Waals surface area contributed by atoms with E-state index in [1.165, 1.54) is 48.5 Å². The zero-order valence-corrected chi connectivity index (χ0v) is 15.4. The lowest BCUT2D eigenvalue weighted by molar-refractivity contribution is -0.384. The molecule has 3 N–H and O–H groups in total. The number of non-ortho nitro benzene ring substituents is 1. The first-order valence-electron chi connectivity index (χ1n) is 8.64. The van der Waals surface area contributed by atoms with E-state index in [0.717, 1.165) is 6.07 Å². The van der Waals surface area contributed by atoms with Crippen LogP contribution in [0.4, 0.5) is 17.1 Å². The maximum absolute atomic E-state index is 12.4. The Labute approximate surface area is 170 Å². The molecule has 3 rings (SSSR count). The van der Waals surface area contributed by atoms with Gasteiger partial charge in [0.15, 0.2) is 0 Å². The molecule has 2 amide bonds. The van der Waals surface area contributed by atoms with Gasteiger partial charge in [0.25, 0.3) is 17.5 Å². The predicted octanol–water partition coefficient (Wildman–Crippen LogP) is 3.80. The average molecular weight is 405 g/mol. The minimum absolute atomic E-state index is 0.0962. The summed E-state index contributed by atoms with van der Waals surface area (Å²) in [6, 6.07) is 17.1. The number of aromatic carboxylic acids is 1. The van der Waals surface area contributed by atoms with Crippen molar-refractivity contribution in [3.05, 3.63) is 99.6 Å². The molecule has 9 heteroatoms. The van der Waals surface area contributed by atoms with Crippen LogP contribution < -0.4 is 10.6 Å². The van der Waals surface area contributed by atoms with E-state index < -0.39 is 22.7 Å². The van der Waals surface area contributed by atoms with Crippen molar-refractivity contribution >= 4 is 34.8 Å². The second kappa shape index (κ2) is 8.65. The standard InChI is InChI=1S/C21H15N3O6/c25-19(22-16-9-7-13(8-10-16)21(27)28)14-3-1-5-17(11-14)23-20(26)15-4-2-6-18(12-15)24(29)30/h1-12H,(H,22,25)(H,23,26)(H,27,28). The molecule has 0 bridgehead atoms. The van der Waals surface area contributed by atoms with Crippen LogP contribution in [0.3, 0.4) is 0 Å². The number of nitro groups is 1. The van der Waals surface area contributed by atoms with E-state index in [4.69, 9.17) is 5.11 Å². The van der Waals surface area contributed by atoms with Gasteiger partial charge in [-0.25, -0.2) is 4.79 Å². The third kappa shape index (κ3) is 4.84. The Kier molecular flexibility index (Phi) is 5.83. The third-order valence-electron chi connectivity index (χ3n) is 4.09. The fourth-order valence-electron chi connectivity index (χ4n) is 2.60. The first kappa shape index (κ1) is 20.2. The molecule has 3 aromatic carbocycles. The van der Waals surface area contributed by atoms with Crippen molar-refractivity contribution in [2.75, 3.05) is 10.6 Å². The normalized spacial score (nSPS) is 10.1. The number of anilines is 2. The second-order valence-electron chi connectivity index (χ2n) is 6.18. The van der Waals surface area contributed by atoms with Crippen molar-refractivity contribution < 1.29 is 24.4 Å². The summed E-state index contributed by atoms with van der Waals surface area (Å²) in [5.41, 5.74) is 1.01. The number of carboxylic acid groups (broad SMARTS) is 1. The summed E-state index contributed by atoms with van der Waals surface area (Å²) in [4.78, 5) is 46.0. The molecule has 0 aliphatic carbocycles. The van der Waals surface area contributed by atoms with E-state index in [9.17, 15) is 24.5 Å². The number of benzene rings is 3. The minimum atomic E-state index is -1.07. The topological polar surface area (TPSA) is 139 Å². The highest BCUT2D eigenvalue weighted by atomic mass is 16.6. The van der Waals surface area contributed by atoms with Crippen LogP contribution in [0.2, 0.25) is 0 Å². The Bertz CT molecular complexity index is 1140. The van der Waals surface area contributed by atoms with Gasteiger partial charge in [-0.1, -0.05) is 12.1 Å². The number of amides is 2. The van der Waals surface area contributed by atoms with Crippen molar-refractivity contribution in [3.63, 3.8) is 0 Å². The lowest BCUT2D eigenvalue weighted by atomic mass is 10.1. The van der Waals surface area contributed by atoms with Crippen LogP contribution in [0.1, 0.15) is 31.1 Å². The number of hydrogen-bond acceptors (Lipinski definition) is 5. The van der Waals surface area contributed by atoms with Gasteiger partial charge >= 0.3 is 5.97 Å². The first-order valence-corrected chi connectivity index (χ1v) is 8.64. The number of carbonyl (C=O) groups is 3. The molecule has 3 aromatic rings. The smallest absolute Gasteiger partial charge is 0.335 e. The van der Waals surface area contributed by atoms with Crippen molar-refractivity contribution in [1.82, 2.24) is 0 Å². The van der Waals surface area contributed by atoms with Gasteiger partial charge in [-0.05, 0) is 48.5 Å². The maximum Gasteiger partial charge on any atom is 0.335 e. The molecule has 0 aromatic heterocycles. The lowest BCUT2D eigenvalue weighted by Gasteiger charge is -2.09. The van der Waals surface area contributed by atoms with Crippen molar-refractivity contribution in [1.29, 1.82) is 0 Å². The number of nitrogens with zero attached hydrogens (tertiary/aromatic N) is 1. The summed E-state index contributed by atoms with van der Waals surface area (Å²) in [7, 11) is 0. The van der Waals surface area contributed by atoms with Crippen LogP contribution in [0.15, 0.2) is 72.8 Å². The number of rotatable bonds is 6. The number of hydrogen-bond donors (Lipinski definition) is 3. The zero-order valence-electron chi connectivity index (χ0n) is 15.4. The second-order valence-corrected chi connectivity index (χ2v) is 6.18. The molecule has 30 heavy (non-hydrogen) atoms. The van der Waals surface area contributed by atoms with Gasteiger partial charge in [-0.3, -0.25) is 19.7 Å². The largest absolute Gasteiger partial charge is 0.478 e. The van der Waals surface area contributed by atoms with E-state index >= 15 is 0 Å². The molecule has 0 atom stereocenters. The van der Waals surface area contributed by atoms with Crippen LogP contribution in [0.5, 0.6) is 0 Å². The van der Waals surface area contributed by atoms with Gasteiger partial charge in [-0.15, -0.1) is 0 Å². The molecule has 9 nitrogen and oxygen atoms in total. The van der Waals surface area contributed by atoms with Crippen LogP contribution in [-0.4, -0.2) is 27.8 Å².